The van der Waals surface area contributed by atoms with E-state index in [2.05, 4.69) is 34.4 Å². The van der Waals surface area contributed by atoms with Gasteiger partial charge in [0.1, 0.15) is 5.71 Å². The predicted molar refractivity (Wildman–Crippen MR) is 187 cm³/mol. The van der Waals surface area contributed by atoms with Crippen LogP contribution in [0.2, 0.25) is 5.02 Å². The number of hydrogen-bond donors (Lipinski definition) is 0. The SMILES string of the molecule is CC(=O)O/N=C(\CCSc1ccc(Cl)cc1)C(=O)c1ccc(N(C2=CCC(C(=O)c3ccccc3C)C=C2)C2=CC=CCC2)cc1. The molecule has 6 nitrogen and oxygen atoms in total. The lowest BCUT2D eigenvalue weighted by atomic mass is 9.89. The Morgan fingerprint density at radius 2 is 1.78 bits per heavy atom. The van der Waals surface area contributed by atoms with E-state index in [0.717, 1.165) is 45.9 Å². The van der Waals surface area contributed by atoms with Crippen molar-refractivity contribution in [3.05, 3.63) is 142 Å². The molecule has 0 bridgehead atoms. The predicted octanol–water partition coefficient (Wildman–Crippen LogP) is 9.32. The van der Waals surface area contributed by atoms with E-state index in [9.17, 15) is 14.4 Å². The highest BCUT2D eigenvalue weighted by Crippen LogP contribution is 2.33. The number of oxime groups is 1. The highest BCUT2D eigenvalue weighted by molar-refractivity contribution is 7.99. The molecule has 2 aliphatic carbocycles. The number of allylic oxidation sites excluding steroid dienone is 7. The van der Waals surface area contributed by atoms with E-state index in [1.54, 1.807) is 23.9 Å². The average Bonchev–Trinajstić information content (AvgIpc) is 3.08. The molecule has 0 heterocycles. The minimum Gasteiger partial charge on any atom is -0.318 e. The number of benzene rings is 3. The van der Waals surface area contributed by atoms with E-state index in [4.69, 9.17) is 16.4 Å². The van der Waals surface area contributed by atoms with Crippen molar-refractivity contribution in [3.63, 3.8) is 0 Å². The van der Waals surface area contributed by atoms with Gasteiger partial charge in [0.25, 0.3) is 0 Å². The van der Waals surface area contributed by atoms with Crippen LogP contribution in [0.25, 0.3) is 0 Å². The van der Waals surface area contributed by atoms with E-state index in [-0.39, 0.29) is 23.2 Å². The second kappa shape index (κ2) is 15.7. The Morgan fingerprint density at radius 3 is 2.43 bits per heavy atom. The summed E-state index contributed by atoms with van der Waals surface area (Å²) in [6.45, 7) is 3.22. The average molecular weight is 651 g/mol. The summed E-state index contributed by atoms with van der Waals surface area (Å²) in [6, 6.07) is 22.5. The number of rotatable bonds is 12. The van der Waals surface area contributed by atoms with Crippen molar-refractivity contribution in [1.29, 1.82) is 0 Å². The first-order valence-corrected chi connectivity index (χ1v) is 16.6. The number of anilines is 1. The lowest BCUT2D eigenvalue weighted by Crippen LogP contribution is -2.24. The maximum Gasteiger partial charge on any atom is 0.331 e. The van der Waals surface area contributed by atoms with E-state index >= 15 is 0 Å². The zero-order valence-electron chi connectivity index (χ0n) is 25.8. The van der Waals surface area contributed by atoms with E-state index in [1.165, 1.54) is 6.92 Å². The van der Waals surface area contributed by atoms with Gasteiger partial charge in [-0.3, -0.25) is 9.59 Å². The van der Waals surface area contributed by atoms with Crippen LogP contribution in [-0.2, 0) is 9.63 Å². The number of nitrogens with zero attached hydrogens (tertiary/aromatic N) is 2. The van der Waals surface area contributed by atoms with E-state index in [0.29, 0.717) is 29.2 Å². The first kappa shape index (κ1) is 32.9. The van der Waals surface area contributed by atoms with Gasteiger partial charge in [-0.15, -0.1) is 11.8 Å². The Balaban J connectivity index is 1.33. The lowest BCUT2D eigenvalue weighted by Gasteiger charge is -2.31. The van der Waals surface area contributed by atoms with Crippen LogP contribution < -0.4 is 4.90 Å². The van der Waals surface area contributed by atoms with Crippen LogP contribution >= 0.6 is 23.4 Å². The standard InChI is InChI=1S/C38H35ClN2O4S/c1-26-8-6-7-11-35(26)37(43)28-12-18-32(19-13-28)41(31-9-4-3-5-10-31)33-20-14-29(15-21-33)38(44)36(40-45-27(2)42)24-25-46-34-22-16-30(39)17-23-34/h3-4,6-9,11-12,14-23,28H,5,10,13,24-25H2,1-2H3/b40-36+. The van der Waals surface area contributed by atoms with Crippen LogP contribution in [0.5, 0.6) is 0 Å². The van der Waals surface area contributed by atoms with Gasteiger partial charge in [-0.05, 0) is 92.4 Å². The third-order valence-corrected chi connectivity index (χ3v) is 8.99. The van der Waals surface area contributed by atoms with Crippen molar-refractivity contribution in [3.8, 4) is 0 Å². The van der Waals surface area contributed by atoms with Crippen LogP contribution in [0.3, 0.4) is 0 Å². The molecular weight excluding hydrogens is 616 g/mol. The quantitative estimate of drug-likeness (QED) is 0.0639. The molecule has 0 radical (unpaired) electrons. The van der Waals surface area contributed by atoms with Crippen molar-refractivity contribution >= 4 is 52.3 Å². The second-order valence-electron chi connectivity index (χ2n) is 11.0. The van der Waals surface area contributed by atoms with Crippen molar-refractivity contribution in [2.24, 2.45) is 11.1 Å². The van der Waals surface area contributed by atoms with Gasteiger partial charge >= 0.3 is 5.97 Å². The zero-order valence-corrected chi connectivity index (χ0v) is 27.4. The summed E-state index contributed by atoms with van der Waals surface area (Å²) in [7, 11) is 0. The normalized spacial score (nSPS) is 16.0. The summed E-state index contributed by atoms with van der Waals surface area (Å²) in [6.07, 6.45) is 15.1. The van der Waals surface area contributed by atoms with Gasteiger partial charge in [0.15, 0.2) is 5.78 Å². The molecule has 0 aromatic heterocycles. The van der Waals surface area contributed by atoms with Crippen LogP contribution in [0, 0.1) is 12.8 Å². The Labute approximate surface area is 279 Å². The molecule has 0 spiro atoms. The van der Waals surface area contributed by atoms with Gasteiger partial charge in [0.05, 0.1) is 0 Å². The maximum atomic E-state index is 13.5. The van der Waals surface area contributed by atoms with Gasteiger partial charge < -0.3 is 9.74 Å². The largest absolute Gasteiger partial charge is 0.331 e. The number of carbonyl (C=O) groups is 3. The molecule has 1 atom stereocenters. The molecule has 0 fully saturated rings. The van der Waals surface area contributed by atoms with Gasteiger partial charge in [0.2, 0.25) is 5.78 Å². The fourth-order valence-electron chi connectivity index (χ4n) is 5.32. The molecule has 2 aliphatic rings. The lowest BCUT2D eigenvalue weighted by molar-refractivity contribution is -0.140. The van der Waals surface area contributed by atoms with Crippen molar-refractivity contribution in [2.45, 2.75) is 44.4 Å². The second-order valence-corrected chi connectivity index (χ2v) is 12.6. The smallest absolute Gasteiger partial charge is 0.318 e. The minimum absolute atomic E-state index is 0.122. The summed E-state index contributed by atoms with van der Waals surface area (Å²) in [5, 5.41) is 4.56. The van der Waals surface area contributed by atoms with Crippen molar-refractivity contribution in [1.82, 2.24) is 0 Å². The summed E-state index contributed by atoms with van der Waals surface area (Å²) in [4.78, 5) is 46.4. The van der Waals surface area contributed by atoms with E-state index in [1.807, 2.05) is 79.7 Å². The molecule has 1 unspecified atom stereocenters. The van der Waals surface area contributed by atoms with Gasteiger partial charge in [-0.2, -0.15) is 0 Å². The number of thioether (sulfide) groups is 1. The summed E-state index contributed by atoms with van der Waals surface area (Å²) >= 11 is 7.55. The highest BCUT2D eigenvalue weighted by atomic mass is 35.5. The van der Waals surface area contributed by atoms with Crippen LogP contribution in [0.4, 0.5) is 5.69 Å². The number of hydrogen-bond acceptors (Lipinski definition) is 7. The highest BCUT2D eigenvalue weighted by Gasteiger charge is 2.24. The van der Waals surface area contributed by atoms with Crippen LogP contribution in [-0.4, -0.2) is 29.0 Å². The van der Waals surface area contributed by atoms with E-state index < -0.39 is 5.97 Å². The fraction of sp³-hybridized carbons (Fsp3) is 0.211. The van der Waals surface area contributed by atoms with Gasteiger partial charge in [-0.1, -0.05) is 65.3 Å². The van der Waals surface area contributed by atoms with Gasteiger partial charge in [-0.25, -0.2) is 4.79 Å². The Bertz CT molecular complexity index is 1750. The zero-order chi connectivity index (χ0) is 32.5. The Kier molecular flexibility index (Phi) is 11.2. The molecule has 8 heteroatoms. The molecule has 3 aromatic rings. The molecule has 0 N–H and O–H groups in total. The van der Waals surface area contributed by atoms with Gasteiger partial charge in [0, 0.05) is 63.1 Å². The molecule has 5 rings (SSSR count). The minimum atomic E-state index is -0.590. The maximum absolute atomic E-state index is 13.5. The molecule has 0 saturated heterocycles. The number of ketones is 2. The number of carbonyl (C=O) groups excluding carboxylic acids is 3. The van der Waals surface area contributed by atoms with Crippen LogP contribution in [0.1, 0.15) is 58.9 Å². The summed E-state index contributed by atoms with van der Waals surface area (Å²) < 4.78 is 0. The molecule has 0 saturated carbocycles. The fourth-order valence-corrected chi connectivity index (χ4v) is 6.31. The third-order valence-electron chi connectivity index (χ3n) is 7.72. The first-order chi connectivity index (χ1) is 22.3. The summed E-state index contributed by atoms with van der Waals surface area (Å²) in [5.41, 5.74) is 5.35. The van der Waals surface area contributed by atoms with Crippen molar-refractivity contribution in [2.75, 3.05) is 10.7 Å². The molecule has 234 valence electrons. The number of Topliss-reactive ketones (excluding diaryl/α,β-unsaturated/α-hetero) is 2. The van der Waals surface area contributed by atoms with Crippen LogP contribution in [0.15, 0.2) is 131 Å². The molecule has 46 heavy (non-hydrogen) atoms. The molecule has 3 aromatic carbocycles. The first-order valence-electron chi connectivity index (χ1n) is 15.2. The molecule has 0 aliphatic heterocycles. The molecule has 0 amide bonds. The topological polar surface area (TPSA) is 76.0 Å². The Hall–Kier alpha value is -4.46. The number of halogens is 1. The Morgan fingerprint density at radius 1 is 1.02 bits per heavy atom. The molecular formula is C38H35ClN2O4S. The monoisotopic (exact) mass is 650 g/mol. The van der Waals surface area contributed by atoms with Crippen molar-refractivity contribution < 1.29 is 19.2 Å². The third kappa shape index (κ3) is 8.42. The summed E-state index contributed by atoms with van der Waals surface area (Å²) in [5.74, 6) is -0.427. The number of aryl methyl sites for hydroxylation is 1.